The third-order valence-electron chi connectivity index (χ3n) is 4.24. The van der Waals surface area contributed by atoms with E-state index in [2.05, 4.69) is 42.8 Å². The molecule has 1 fully saturated rings. The van der Waals surface area contributed by atoms with E-state index in [1.54, 1.807) is 0 Å². The first-order valence-corrected chi connectivity index (χ1v) is 8.31. The average Bonchev–Trinajstić information content (AvgIpc) is 2.44. The number of nitrogens with zero attached hydrogens (tertiary/aromatic N) is 3. The van der Waals surface area contributed by atoms with Crippen LogP contribution in [0.15, 0.2) is 0 Å². The number of piperidine rings is 1. The Hall–Kier alpha value is -1.23. The summed E-state index contributed by atoms with van der Waals surface area (Å²) in [7, 11) is 0. The maximum absolute atomic E-state index is 6.03. The number of hydrogen-bond donors (Lipinski definition) is 1. The highest BCUT2D eigenvalue weighted by atomic mass is 32.1. The third-order valence-corrected chi connectivity index (χ3v) is 4.45. The Morgan fingerprint density at radius 1 is 1.19 bits per heavy atom. The zero-order valence-electron chi connectivity index (χ0n) is 13.5. The summed E-state index contributed by atoms with van der Waals surface area (Å²) in [5, 5.41) is 8.91. The molecule has 0 amide bonds. The molecule has 2 unspecified atom stereocenters. The maximum Gasteiger partial charge on any atom is 0.161 e. The lowest BCUT2D eigenvalue weighted by atomic mass is 9.91. The van der Waals surface area contributed by atoms with E-state index in [-0.39, 0.29) is 0 Å². The number of aromatic nitrogens is 2. The van der Waals surface area contributed by atoms with Gasteiger partial charge in [0.15, 0.2) is 5.82 Å². The second-order valence-electron chi connectivity index (χ2n) is 6.25. The molecule has 0 radical (unpaired) electrons. The number of thiocarbonyl (C=S) groups is 1. The topological polar surface area (TPSA) is 55.0 Å². The van der Waals surface area contributed by atoms with Crippen molar-refractivity contribution in [3.63, 3.8) is 0 Å². The summed E-state index contributed by atoms with van der Waals surface area (Å²) in [5.41, 5.74) is 9.16. The van der Waals surface area contributed by atoms with Crippen molar-refractivity contribution in [1.29, 1.82) is 0 Å². The molecule has 1 aromatic heterocycles. The summed E-state index contributed by atoms with van der Waals surface area (Å²) in [6, 6.07) is 0. The van der Waals surface area contributed by atoms with E-state index in [0.29, 0.717) is 16.8 Å². The average molecular weight is 306 g/mol. The van der Waals surface area contributed by atoms with Crippen LogP contribution in [-0.4, -0.2) is 28.3 Å². The highest BCUT2D eigenvalue weighted by Crippen LogP contribution is 2.29. The summed E-state index contributed by atoms with van der Waals surface area (Å²) in [6.07, 6.45) is 3.01. The molecule has 2 heterocycles. The molecule has 1 aliphatic heterocycles. The Kier molecular flexibility index (Phi) is 5.14. The fourth-order valence-corrected chi connectivity index (χ4v) is 3.69. The molecule has 4 nitrogen and oxygen atoms in total. The van der Waals surface area contributed by atoms with Gasteiger partial charge in [0, 0.05) is 13.1 Å². The van der Waals surface area contributed by atoms with Gasteiger partial charge in [0.25, 0.3) is 0 Å². The zero-order valence-corrected chi connectivity index (χ0v) is 14.3. The first kappa shape index (κ1) is 16.1. The van der Waals surface area contributed by atoms with E-state index in [1.165, 1.54) is 12.0 Å². The summed E-state index contributed by atoms with van der Waals surface area (Å²) in [4.78, 5) is 2.76. The van der Waals surface area contributed by atoms with Crippen LogP contribution in [0.25, 0.3) is 0 Å². The molecule has 0 aliphatic carbocycles. The van der Waals surface area contributed by atoms with Crippen molar-refractivity contribution in [2.75, 3.05) is 18.0 Å². The van der Waals surface area contributed by atoms with Gasteiger partial charge in [-0.2, -0.15) is 5.10 Å². The molecule has 1 aliphatic rings. The van der Waals surface area contributed by atoms with E-state index in [0.717, 1.165) is 43.0 Å². The van der Waals surface area contributed by atoms with Gasteiger partial charge in [0.05, 0.1) is 11.3 Å². The van der Waals surface area contributed by atoms with Crippen molar-refractivity contribution in [1.82, 2.24) is 10.2 Å². The van der Waals surface area contributed by atoms with Crippen LogP contribution < -0.4 is 10.6 Å². The van der Waals surface area contributed by atoms with Gasteiger partial charge in [-0.1, -0.05) is 39.9 Å². The smallest absolute Gasteiger partial charge is 0.161 e. The number of anilines is 1. The van der Waals surface area contributed by atoms with Crippen LogP contribution in [-0.2, 0) is 12.8 Å². The van der Waals surface area contributed by atoms with Crippen molar-refractivity contribution in [3.8, 4) is 0 Å². The molecule has 21 heavy (non-hydrogen) atoms. The van der Waals surface area contributed by atoms with Crippen LogP contribution in [0.1, 0.15) is 50.9 Å². The number of aryl methyl sites for hydroxylation is 1. The van der Waals surface area contributed by atoms with Crippen LogP contribution in [0.5, 0.6) is 0 Å². The summed E-state index contributed by atoms with van der Waals surface area (Å²) in [6.45, 7) is 10.8. The Labute approximate surface area is 133 Å². The van der Waals surface area contributed by atoms with E-state index < -0.39 is 0 Å². The first-order chi connectivity index (χ1) is 9.97. The Bertz CT molecular complexity index is 519. The molecular formula is C16H26N4S. The second kappa shape index (κ2) is 6.69. The van der Waals surface area contributed by atoms with Gasteiger partial charge in [-0.25, -0.2) is 0 Å². The van der Waals surface area contributed by atoms with E-state index in [9.17, 15) is 0 Å². The molecule has 116 valence electrons. The highest BCUT2D eigenvalue weighted by molar-refractivity contribution is 7.80. The molecule has 0 spiro atoms. The van der Waals surface area contributed by atoms with Gasteiger partial charge in [-0.3, -0.25) is 0 Å². The second-order valence-corrected chi connectivity index (χ2v) is 6.69. The van der Waals surface area contributed by atoms with Gasteiger partial charge in [-0.05, 0) is 36.7 Å². The zero-order chi connectivity index (χ0) is 15.6. The fraction of sp³-hybridized carbons (Fsp3) is 0.688. The minimum absolute atomic E-state index is 0.442. The van der Waals surface area contributed by atoms with E-state index in [4.69, 9.17) is 18.0 Å². The minimum atomic E-state index is 0.442. The van der Waals surface area contributed by atoms with Crippen molar-refractivity contribution in [3.05, 3.63) is 16.8 Å². The van der Waals surface area contributed by atoms with Gasteiger partial charge >= 0.3 is 0 Å². The largest absolute Gasteiger partial charge is 0.389 e. The van der Waals surface area contributed by atoms with E-state index >= 15 is 0 Å². The van der Waals surface area contributed by atoms with Gasteiger partial charge in [-0.15, -0.1) is 5.10 Å². The van der Waals surface area contributed by atoms with Crippen LogP contribution in [0.4, 0.5) is 5.82 Å². The Morgan fingerprint density at radius 2 is 1.81 bits per heavy atom. The standard InChI is InChI=1S/C16H26N4S/c1-5-12-13(6-2)18-19-16(14(12)15(17)21)20-8-10(3)7-11(4)9-20/h10-11H,5-9H2,1-4H3,(H2,17,21). The molecule has 5 heteroatoms. The highest BCUT2D eigenvalue weighted by Gasteiger charge is 2.27. The molecule has 0 saturated carbocycles. The molecule has 0 aromatic carbocycles. The van der Waals surface area contributed by atoms with Crippen molar-refractivity contribution in [2.24, 2.45) is 17.6 Å². The predicted octanol–water partition coefficient (Wildman–Crippen LogP) is 2.72. The molecule has 2 rings (SSSR count). The van der Waals surface area contributed by atoms with Crippen molar-refractivity contribution < 1.29 is 0 Å². The summed E-state index contributed by atoms with van der Waals surface area (Å²) in [5.74, 6) is 2.20. The van der Waals surface area contributed by atoms with Crippen LogP contribution >= 0.6 is 12.2 Å². The molecule has 1 aromatic rings. The molecular weight excluding hydrogens is 280 g/mol. The lowest BCUT2D eigenvalue weighted by Gasteiger charge is -2.36. The molecule has 1 saturated heterocycles. The van der Waals surface area contributed by atoms with Crippen molar-refractivity contribution in [2.45, 2.75) is 47.0 Å². The lowest BCUT2D eigenvalue weighted by molar-refractivity contribution is 0.354. The van der Waals surface area contributed by atoms with Crippen LogP contribution in [0.3, 0.4) is 0 Å². The first-order valence-electron chi connectivity index (χ1n) is 7.91. The van der Waals surface area contributed by atoms with Crippen molar-refractivity contribution >= 4 is 23.0 Å². The Morgan fingerprint density at radius 3 is 2.29 bits per heavy atom. The monoisotopic (exact) mass is 306 g/mol. The minimum Gasteiger partial charge on any atom is -0.389 e. The van der Waals surface area contributed by atoms with Crippen LogP contribution in [0, 0.1) is 11.8 Å². The number of hydrogen-bond acceptors (Lipinski definition) is 4. The molecule has 0 bridgehead atoms. The maximum atomic E-state index is 6.03. The Balaban J connectivity index is 2.50. The SMILES string of the molecule is CCc1nnc(N2CC(C)CC(C)C2)c(C(N)=S)c1CC. The summed E-state index contributed by atoms with van der Waals surface area (Å²) < 4.78 is 0. The molecule has 2 N–H and O–H groups in total. The van der Waals surface area contributed by atoms with Crippen LogP contribution in [0.2, 0.25) is 0 Å². The lowest BCUT2D eigenvalue weighted by Crippen LogP contribution is -2.40. The predicted molar refractivity (Wildman–Crippen MR) is 91.8 cm³/mol. The third kappa shape index (κ3) is 3.34. The van der Waals surface area contributed by atoms with E-state index in [1.807, 2.05) is 0 Å². The molecule has 2 atom stereocenters. The number of nitrogens with two attached hydrogens (primary N) is 1. The van der Waals surface area contributed by atoms with Gasteiger partial charge in [0.1, 0.15) is 4.99 Å². The fourth-order valence-electron chi connectivity index (χ4n) is 3.48. The van der Waals surface area contributed by atoms with Gasteiger partial charge in [0.2, 0.25) is 0 Å². The number of rotatable bonds is 4. The normalized spacial score (nSPS) is 22.4. The summed E-state index contributed by atoms with van der Waals surface area (Å²) >= 11 is 5.32. The quantitative estimate of drug-likeness (QED) is 0.867. The van der Waals surface area contributed by atoms with Gasteiger partial charge < -0.3 is 10.6 Å².